The molecule has 0 bridgehead atoms. The number of ether oxygens (including phenoxy) is 2. The fraction of sp³-hybridized carbons (Fsp3) is 0.886. The summed E-state index contributed by atoms with van der Waals surface area (Å²) in [5.41, 5.74) is 5.37. The van der Waals surface area contributed by atoms with Crippen molar-refractivity contribution >= 4 is 13.8 Å². The molecule has 0 aliphatic heterocycles. The van der Waals surface area contributed by atoms with Gasteiger partial charge in [-0.3, -0.25) is 13.8 Å². The van der Waals surface area contributed by atoms with Crippen molar-refractivity contribution in [2.75, 3.05) is 33.0 Å². The number of phosphoric ester groups is 1. The Labute approximate surface area is 327 Å². The predicted octanol–water partition coefficient (Wildman–Crippen LogP) is 13.3. The lowest BCUT2D eigenvalue weighted by Crippen LogP contribution is -2.28. The summed E-state index contributed by atoms with van der Waals surface area (Å²) >= 11 is 0. The number of hydrogen-bond acceptors (Lipinski definition) is 7. The van der Waals surface area contributed by atoms with Gasteiger partial charge in [-0.2, -0.15) is 0 Å². The Morgan fingerprint density at radius 1 is 0.566 bits per heavy atom. The Bertz CT molecular complexity index is 869. The Kier molecular flexibility index (Phi) is 41.3. The van der Waals surface area contributed by atoms with Gasteiger partial charge in [-0.1, -0.05) is 186 Å². The largest absolute Gasteiger partial charge is 0.472 e. The van der Waals surface area contributed by atoms with E-state index >= 15 is 0 Å². The summed E-state index contributed by atoms with van der Waals surface area (Å²) in [6.45, 7) is 4.91. The minimum atomic E-state index is -4.28. The van der Waals surface area contributed by atoms with Gasteiger partial charge in [-0.15, -0.1) is 0 Å². The van der Waals surface area contributed by atoms with E-state index in [-0.39, 0.29) is 32.3 Å². The summed E-state index contributed by atoms with van der Waals surface area (Å²) in [7, 11) is -4.28. The van der Waals surface area contributed by atoms with Crippen LogP contribution in [0, 0.1) is 0 Å². The molecule has 9 heteroatoms. The highest BCUT2D eigenvalue weighted by atomic mass is 31.2. The molecule has 0 heterocycles. The van der Waals surface area contributed by atoms with Crippen LogP contribution < -0.4 is 5.73 Å². The number of carbonyl (C=O) groups is 1. The van der Waals surface area contributed by atoms with E-state index in [0.717, 1.165) is 57.8 Å². The zero-order chi connectivity index (χ0) is 38.8. The molecule has 0 saturated heterocycles. The van der Waals surface area contributed by atoms with Crippen molar-refractivity contribution in [1.82, 2.24) is 0 Å². The second-order valence-electron chi connectivity index (χ2n) is 14.9. The van der Waals surface area contributed by atoms with Crippen molar-refractivity contribution in [2.24, 2.45) is 5.73 Å². The molecule has 0 fully saturated rings. The second kappa shape index (κ2) is 42.1. The fourth-order valence-electron chi connectivity index (χ4n) is 6.32. The molecule has 3 N–H and O–H groups in total. The van der Waals surface area contributed by atoms with Crippen LogP contribution in [0.1, 0.15) is 213 Å². The lowest BCUT2D eigenvalue weighted by atomic mass is 10.0. The summed E-state index contributed by atoms with van der Waals surface area (Å²) in [6, 6.07) is 0. The van der Waals surface area contributed by atoms with E-state index in [2.05, 4.69) is 38.2 Å². The van der Waals surface area contributed by atoms with Crippen molar-refractivity contribution in [3.63, 3.8) is 0 Å². The monoisotopic (exact) mass is 772 g/mol. The Balaban J connectivity index is 3.99. The maximum atomic E-state index is 12.6. The third-order valence-electron chi connectivity index (χ3n) is 9.62. The highest BCUT2D eigenvalue weighted by Gasteiger charge is 2.25. The van der Waals surface area contributed by atoms with Gasteiger partial charge in [0, 0.05) is 19.6 Å². The minimum Gasteiger partial charge on any atom is -0.457 e. The van der Waals surface area contributed by atoms with Crippen molar-refractivity contribution < 1.29 is 32.8 Å². The van der Waals surface area contributed by atoms with Crippen LogP contribution >= 0.6 is 7.82 Å². The molecular formula is C44H86NO7P. The summed E-state index contributed by atoms with van der Waals surface area (Å²) in [5, 5.41) is 0. The summed E-state index contributed by atoms with van der Waals surface area (Å²) in [6.07, 6.45) is 46.2. The Hall–Kier alpha value is -1.02. The molecule has 0 aromatic carbocycles. The van der Waals surface area contributed by atoms with Gasteiger partial charge in [0.15, 0.2) is 0 Å². The Morgan fingerprint density at radius 2 is 1.00 bits per heavy atom. The number of rotatable bonds is 43. The maximum absolute atomic E-state index is 12.6. The molecule has 0 aromatic heterocycles. The molecule has 0 aromatic rings. The van der Waals surface area contributed by atoms with Crippen LogP contribution in [-0.4, -0.2) is 49.9 Å². The van der Waals surface area contributed by atoms with Crippen molar-refractivity contribution in [1.29, 1.82) is 0 Å². The van der Waals surface area contributed by atoms with Crippen molar-refractivity contribution in [3.8, 4) is 0 Å². The third-order valence-corrected chi connectivity index (χ3v) is 10.6. The first-order valence-corrected chi connectivity index (χ1v) is 23.8. The topological polar surface area (TPSA) is 117 Å². The number of hydrogen-bond donors (Lipinski definition) is 2. The van der Waals surface area contributed by atoms with E-state index in [9.17, 15) is 14.3 Å². The average molecular weight is 772 g/mol. The van der Waals surface area contributed by atoms with E-state index in [4.69, 9.17) is 24.3 Å². The number of allylic oxidation sites excluding steroid dienone is 4. The quantitative estimate of drug-likeness (QED) is 0.0272. The molecule has 0 aliphatic rings. The molecule has 314 valence electrons. The molecule has 2 atom stereocenters. The number of esters is 1. The molecule has 0 saturated carbocycles. The molecule has 53 heavy (non-hydrogen) atoms. The first-order valence-electron chi connectivity index (χ1n) is 22.3. The molecule has 0 amide bonds. The van der Waals surface area contributed by atoms with Gasteiger partial charge >= 0.3 is 13.8 Å². The van der Waals surface area contributed by atoms with Gasteiger partial charge in [0.2, 0.25) is 0 Å². The number of nitrogens with two attached hydrogens (primary N) is 1. The summed E-state index contributed by atoms with van der Waals surface area (Å²) < 4.78 is 33.4. The van der Waals surface area contributed by atoms with E-state index in [0.29, 0.717) is 13.0 Å². The van der Waals surface area contributed by atoms with Crippen LogP contribution in [0.5, 0.6) is 0 Å². The third kappa shape index (κ3) is 42.0. The smallest absolute Gasteiger partial charge is 0.457 e. The average Bonchev–Trinajstić information content (AvgIpc) is 3.15. The molecule has 2 unspecified atom stereocenters. The molecule has 0 rings (SSSR count). The van der Waals surface area contributed by atoms with Crippen LogP contribution in [0.15, 0.2) is 24.3 Å². The van der Waals surface area contributed by atoms with E-state index in [1.54, 1.807) is 0 Å². The molecule has 0 aliphatic carbocycles. The van der Waals surface area contributed by atoms with Gasteiger partial charge in [0.1, 0.15) is 6.10 Å². The molecule has 0 spiro atoms. The highest BCUT2D eigenvalue weighted by Crippen LogP contribution is 2.43. The normalized spacial score (nSPS) is 13.7. The van der Waals surface area contributed by atoms with E-state index in [1.165, 1.54) is 135 Å². The van der Waals surface area contributed by atoms with Gasteiger partial charge in [0.25, 0.3) is 0 Å². The predicted molar refractivity (Wildman–Crippen MR) is 224 cm³/mol. The maximum Gasteiger partial charge on any atom is 0.472 e. The van der Waals surface area contributed by atoms with Crippen LogP contribution in [0.2, 0.25) is 0 Å². The van der Waals surface area contributed by atoms with Crippen molar-refractivity contribution in [3.05, 3.63) is 24.3 Å². The molecule has 0 radical (unpaired) electrons. The number of unbranched alkanes of at least 4 members (excludes halogenated alkanes) is 26. The first kappa shape index (κ1) is 52.0. The van der Waals surface area contributed by atoms with Gasteiger partial charge in [0.05, 0.1) is 19.8 Å². The second-order valence-corrected chi connectivity index (χ2v) is 16.4. The van der Waals surface area contributed by atoms with Crippen LogP contribution in [0.4, 0.5) is 0 Å². The van der Waals surface area contributed by atoms with Gasteiger partial charge < -0.3 is 20.1 Å². The lowest BCUT2D eigenvalue weighted by Gasteiger charge is -2.20. The van der Waals surface area contributed by atoms with Gasteiger partial charge in [-0.05, 0) is 44.9 Å². The fourth-order valence-corrected chi connectivity index (χ4v) is 7.09. The van der Waals surface area contributed by atoms with Crippen LogP contribution in [0.25, 0.3) is 0 Å². The SMILES string of the molecule is CCCCC/C=C\C/C=C\CCCCCCCC(=O)OC(COCCCCCCCCCCCCCCCCCCCCC)COP(=O)(O)OCCN. The van der Waals surface area contributed by atoms with E-state index in [1.807, 2.05) is 0 Å². The molecular weight excluding hydrogens is 685 g/mol. The van der Waals surface area contributed by atoms with E-state index < -0.39 is 13.9 Å². The summed E-state index contributed by atoms with van der Waals surface area (Å²) in [5.74, 6) is -0.341. The highest BCUT2D eigenvalue weighted by molar-refractivity contribution is 7.47. The van der Waals surface area contributed by atoms with Crippen LogP contribution in [-0.2, 0) is 27.9 Å². The van der Waals surface area contributed by atoms with Gasteiger partial charge in [-0.25, -0.2) is 4.57 Å². The number of phosphoric acid groups is 1. The van der Waals surface area contributed by atoms with Crippen molar-refractivity contribution in [2.45, 2.75) is 219 Å². The van der Waals surface area contributed by atoms with Crippen LogP contribution in [0.3, 0.4) is 0 Å². The first-order chi connectivity index (χ1) is 25.9. The lowest BCUT2D eigenvalue weighted by molar-refractivity contribution is -0.154. The zero-order valence-corrected chi connectivity index (χ0v) is 35.7. The minimum absolute atomic E-state index is 0.0963. The standard InChI is InChI=1S/C44H86NO7P/c1-3-5-7-9-11-13-15-17-19-20-21-22-24-26-28-30-32-34-36-39-49-41-43(42-51-53(47,48)50-40-38-45)52-44(46)37-35-33-31-29-27-25-23-18-16-14-12-10-8-6-4-2/h12,14,18,23,43H,3-11,13,15-17,19-22,24-42,45H2,1-2H3,(H,47,48)/b14-12-,23-18-. The molecule has 8 nitrogen and oxygen atoms in total. The summed E-state index contributed by atoms with van der Waals surface area (Å²) in [4.78, 5) is 22.5. The Morgan fingerprint density at radius 3 is 1.51 bits per heavy atom. The zero-order valence-electron chi connectivity index (χ0n) is 34.8. The number of carbonyl (C=O) groups excluding carboxylic acids is 1.